The first-order chi connectivity index (χ1) is 16.3. The van der Waals surface area contributed by atoms with Crippen LogP contribution in [0.5, 0.6) is 0 Å². The first-order valence-corrected chi connectivity index (χ1v) is 15.1. The molecule has 3 aromatic carbocycles. The SMILES string of the molecule is C[Si](C)(C)CCOCn1nc(C=O)c2ccc(C(=O)c3cccc(Nc4ccccc4)c3)cc21. The summed E-state index contributed by atoms with van der Waals surface area (Å²) in [6.45, 7) is 7.78. The fourth-order valence-electron chi connectivity index (χ4n) is 3.65. The van der Waals surface area contributed by atoms with Gasteiger partial charge in [-0.3, -0.25) is 9.59 Å². The van der Waals surface area contributed by atoms with Crippen molar-refractivity contribution in [2.24, 2.45) is 0 Å². The van der Waals surface area contributed by atoms with Crippen molar-refractivity contribution >= 4 is 42.4 Å². The summed E-state index contributed by atoms with van der Waals surface area (Å²) in [5, 5.41) is 8.42. The van der Waals surface area contributed by atoms with Crippen molar-refractivity contribution < 1.29 is 14.3 Å². The molecule has 0 aliphatic carbocycles. The van der Waals surface area contributed by atoms with E-state index in [-0.39, 0.29) is 12.5 Å². The molecule has 0 saturated heterocycles. The summed E-state index contributed by atoms with van der Waals surface area (Å²) in [7, 11) is -1.20. The Balaban J connectivity index is 1.57. The number of carbonyl (C=O) groups is 2. The van der Waals surface area contributed by atoms with E-state index in [0.29, 0.717) is 34.3 Å². The van der Waals surface area contributed by atoms with Crippen LogP contribution in [0.3, 0.4) is 0 Å². The maximum atomic E-state index is 13.3. The van der Waals surface area contributed by atoms with Gasteiger partial charge in [0, 0.05) is 42.6 Å². The van der Waals surface area contributed by atoms with Gasteiger partial charge in [-0.05, 0) is 42.4 Å². The zero-order valence-corrected chi connectivity index (χ0v) is 20.7. The number of carbonyl (C=O) groups excluding carboxylic acids is 2. The van der Waals surface area contributed by atoms with Crippen molar-refractivity contribution in [3.63, 3.8) is 0 Å². The highest BCUT2D eigenvalue weighted by Crippen LogP contribution is 2.23. The van der Waals surface area contributed by atoms with Gasteiger partial charge in [-0.1, -0.05) is 56.0 Å². The van der Waals surface area contributed by atoms with E-state index in [4.69, 9.17) is 4.74 Å². The third-order valence-electron chi connectivity index (χ3n) is 5.55. The molecule has 4 aromatic rings. The van der Waals surface area contributed by atoms with E-state index in [1.165, 1.54) is 0 Å². The molecule has 0 radical (unpaired) electrons. The molecule has 1 aromatic heterocycles. The molecule has 0 unspecified atom stereocenters. The molecule has 0 aliphatic rings. The van der Waals surface area contributed by atoms with Gasteiger partial charge in [0.05, 0.1) is 5.52 Å². The van der Waals surface area contributed by atoms with Crippen molar-refractivity contribution in [1.82, 2.24) is 9.78 Å². The van der Waals surface area contributed by atoms with Gasteiger partial charge in [0.15, 0.2) is 12.1 Å². The predicted octanol–water partition coefficient (Wildman–Crippen LogP) is 6.14. The second-order valence-electron chi connectivity index (χ2n) is 9.48. The minimum Gasteiger partial charge on any atom is -0.360 e. The molecule has 4 rings (SSSR count). The Labute approximate surface area is 200 Å². The van der Waals surface area contributed by atoms with Crippen LogP contribution in [-0.4, -0.2) is 36.5 Å². The number of hydrogen-bond acceptors (Lipinski definition) is 5. The summed E-state index contributed by atoms with van der Waals surface area (Å²) in [5.41, 5.74) is 3.95. The van der Waals surface area contributed by atoms with E-state index in [0.717, 1.165) is 23.7 Å². The van der Waals surface area contributed by atoms with Crippen LogP contribution in [0.15, 0.2) is 72.8 Å². The lowest BCUT2D eigenvalue weighted by atomic mass is 10.0. The summed E-state index contributed by atoms with van der Waals surface area (Å²) in [5.74, 6) is -0.0985. The minimum atomic E-state index is -1.20. The molecule has 174 valence electrons. The summed E-state index contributed by atoms with van der Waals surface area (Å²) < 4.78 is 7.51. The van der Waals surface area contributed by atoms with Gasteiger partial charge in [-0.15, -0.1) is 0 Å². The Kier molecular flexibility index (Phi) is 7.05. The Hall–Kier alpha value is -3.55. The minimum absolute atomic E-state index is 0.0985. The highest BCUT2D eigenvalue weighted by Gasteiger charge is 2.16. The predicted molar refractivity (Wildman–Crippen MR) is 139 cm³/mol. The van der Waals surface area contributed by atoms with Crippen LogP contribution in [0.25, 0.3) is 10.9 Å². The van der Waals surface area contributed by atoms with Gasteiger partial charge in [-0.2, -0.15) is 5.10 Å². The van der Waals surface area contributed by atoms with Gasteiger partial charge in [-0.25, -0.2) is 4.68 Å². The number of para-hydroxylation sites is 1. The van der Waals surface area contributed by atoms with E-state index in [1.807, 2.05) is 48.5 Å². The summed E-state index contributed by atoms with van der Waals surface area (Å²) in [6.07, 6.45) is 0.737. The van der Waals surface area contributed by atoms with Crippen molar-refractivity contribution in [3.8, 4) is 0 Å². The lowest BCUT2D eigenvalue weighted by molar-refractivity contribution is 0.0812. The topological polar surface area (TPSA) is 73.2 Å². The average molecular weight is 472 g/mol. The monoisotopic (exact) mass is 471 g/mol. The highest BCUT2D eigenvalue weighted by molar-refractivity contribution is 6.76. The summed E-state index contributed by atoms with van der Waals surface area (Å²) in [4.78, 5) is 24.8. The van der Waals surface area contributed by atoms with Crippen LogP contribution in [-0.2, 0) is 11.5 Å². The number of fused-ring (bicyclic) bond motifs is 1. The standard InChI is InChI=1S/C27H29N3O3Si/c1-34(2,3)15-14-33-19-30-26-17-21(12-13-24(26)25(18-31)29-30)27(32)20-8-7-11-23(16-20)28-22-9-5-4-6-10-22/h4-13,16-18,28H,14-15,19H2,1-3H3. The molecule has 1 heterocycles. The van der Waals surface area contributed by atoms with Crippen molar-refractivity contribution in [2.75, 3.05) is 11.9 Å². The zero-order valence-electron chi connectivity index (χ0n) is 19.7. The molecule has 7 heteroatoms. The third kappa shape index (κ3) is 5.68. The highest BCUT2D eigenvalue weighted by atomic mass is 28.3. The number of nitrogens with one attached hydrogen (secondary N) is 1. The third-order valence-corrected chi connectivity index (χ3v) is 7.26. The Morgan fingerprint density at radius 3 is 2.44 bits per heavy atom. The van der Waals surface area contributed by atoms with Crippen LogP contribution in [0.1, 0.15) is 26.4 Å². The van der Waals surface area contributed by atoms with Crippen molar-refractivity contribution in [2.45, 2.75) is 32.4 Å². The van der Waals surface area contributed by atoms with Gasteiger partial charge >= 0.3 is 0 Å². The number of aldehydes is 1. The lowest BCUT2D eigenvalue weighted by Crippen LogP contribution is -2.22. The first kappa shape index (κ1) is 23.6. The zero-order chi connectivity index (χ0) is 24.1. The number of ether oxygens (including phenoxy) is 1. The number of ketones is 1. The number of rotatable bonds is 10. The largest absolute Gasteiger partial charge is 0.360 e. The molecule has 0 bridgehead atoms. The molecular formula is C27H29N3O3Si. The van der Waals surface area contributed by atoms with Crippen LogP contribution in [0, 0.1) is 0 Å². The van der Waals surface area contributed by atoms with Gasteiger partial charge < -0.3 is 10.1 Å². The van der Waals surface area contributed by atoms with Gasteiger partial charge in [0.1, 0.15) is 12.4 Å². The normalized spacial score (nSPS) is 11.5. The van der Waals surface area contributed by atoms with E-state index in [1.54, 1.807) is 28.9 Å². The van der Waals surface area contributed by atoms with E-state index < -0.39 is 8.07 Å². The molecular weight excluding hydrogens is 442 g/mol. The maximum Gasteiger partial charge on any atom is 0.193 e. The van der Waals surface area contributed by atoms with E-state index in [9.17, 15) is 9.59 Å². The number of anilines is 2. The first-order valence-electron chi connectivity index (χ1n) is 11.3. The molecule has 34 heavy (non-hydrogen) atoms. The van der Waals surface area contributed by atoms with Gasteiger partial charge in [0.2, 0.25) is 0 Å². The average Bonchev–Trinajstić information content (AvgIpc) is 3.18. The Morgan fingerprint density at radius 2 is 1.71 bits per heavy atom. The smallest absolute Gasteiger partial charge is 0.193 e. The molecule has 0 atom stereocenters. The fraction of sp³-hybridized carbons (Fsp3) is 0.222. The number of nitrogens with zero attached hydrogens (tertiary/aromatic N) is 2. The summed E-state index contributed by atoms with van der Waals surface area (Å²) >= 11 is 0. The second kappa shape index (κ2) is 10.2. The molecule has 0 fully saturated rings. The van der Waals surface area contributed by atoms with Gasteiger partial charge in [0.25, 0.3) is 0 Å². The van der Waals surface area contributed by atoms with Crippen molar-refractivity contribution in [1.29, 1.82) is 0 Å². The quantitative estimate of drug-likeness (QED) is 0.130. The molecule has 1 N–H and O–H groups in total. The molecule has 0 spiro atoms. The van der Waals surface area contributed by atoms with Crippen molar-refractivity contribution in [3.05, 3.63) is 89.6 Å². The number of hydrogen-bond donors (Lipinski definition) is 1. The molecule has 0 aliphatic heterocycles. The van der Waals surface area contributed by atoms with Crippen LogP contribution < -0.4 is 5.32 Å². The fourth-order valence-corrected chi connectivity index (χ4v) is 4.41. The lowest BCUT2D eigenvalue weighted by Gasteiger charge is -2.15. The van der Waals surface area contributed by atoms with Crippen LogP contribution >= 0.6 is 0 Å². The number of aromatic nitrogens is 2. The molecule has 0 saturated carbocycles. The second-order valence-corrected chi connectivity index (χ2v) is 15.1. The van der Waals surface area contributed by atoms with E-state index in [2.05, 4.69) is 30.1 Å². The Morgan fingerprint density at radius 1 is 0.971 bits per heavy atom. The molecule has 0 amide bonds. The summed E-state index contributed by atoms with van der Waals surface area (Å²) in [6, 6.07) is 23.6. The Bertz CT molecular complexity index is 1310. The van der Waals surface area contributed by atoms with E-state index >= 15 is 0 Å². The number of benzene rings is 3. The molecule has 6 nitrogen and oxygen atoms in total. The maximum absolute atomic E-state index is 13.3. The van der Waals surface area contributed by atoms with Crippen LogP contribution in [0.2, 0.25) is 25.7 Å². The van der Waals surface area contributed by atoms with Crippen LogP contribution in [0.4, 0.5) is 11.4 Å².